The van der Waals surface area contributed by atoms with Crippen LogP contribution in [0, 0.1) is 6.92 Å². The highest BCUT2D eigenvalue weighted by Gasteiger charge is 2.36. The van der Waals surface area contributed by atoms with Crippen molar-refractivity contribution in [3.05, 3.63) is 69.0 Å². The van der Waals surface area contributed by atoms with E-state index in [2.05, 4.69) is 10.1 Å². The Labute approximate surface area is 158 Å². The average molecular weight is 390 g/mol. The van der Waals surface area contributed by atoms with Gasteiger partial charge in [-0.25, -0.2) is 4.98 Å². The molecule has 0 aliphatic carbocycles. The van der Waals surface area contributed by atoms with Crippen molar-refractivity contribution in [1.29, 1.82) is 0 Å². The number of H-pyrrole nitrogens is 1. The fraction of sp³-hybridized carbons (Fsp3) is 0.316. The Morgan fingerprint density at radius 3 is 2.71 bits per heavy atom. The van der Waals surface area contributed by atoms with Crippen LogP contribution in [-0.4, -0.2) is 26.6 Å². The molecule has 0 atom stereocenters. The molecule has 0 saturated carbocycles. The SMILES string of the molecule is Cc1ccc(-c2cc(CN3CCc4nc(C(F)(F)F)[nH]c(=O)c4C3)no2)cc1. The molecule has 1 aromatic carbocycles. The molecule has 0 bridgehead atoms. The third kappa shape index (κ3) is 3.70. The molecule has 0 spiro atoms. The predicted molar refractivity (Wildman–Crippen MR) is 94.4 cm³/mol. The summed E-state index contributed by atoms with van der Waals surface area (Å²) < 4.78 is 43.8. The molecule has 3 aromatic rings. The number of halogens is 3. The first-order valence-electron chi connectivity index (χ1n) is 8.74. The Morgan fingerprint density at radius 2 is 2.00 bits per heavy atom. The topological polar surface area (TPSA) is 75.0 Å². The van der Waals surface area contributed by atoms with Crippen molar-refractivity contribution in [2.24, 2.45) is 0 Å². The molecule has 0 saturated heterocycles. The van der Waals surface area contributed by atoms with Crippen LogP contribution < -0.4 is 5.56 Å². The second-order valence-corrected chi connectivity index (χ2v) is 6.85. The Balaban J connectivity index is 1.50. The first-order chi connectivity index (χ1) is 13.3. The van der Waals surface area contributed by atoms with Crippen molar-refractivity contribution in [3.63, 3.8) is 0 Å². The molecule has 0 unspecified atom stereocenters. The van der Waals surface area contributed by atoms with Crippen LogP contribution in [0.15, 0.2) is 39.6 Å². The largest absolute Gasteiger partial charge is 0.449 e. The van der Waals surface area contributed by atoms with Gasteiger partial charge in [0.2, 0.25) is 5.82 Å². The highest BCUT2D eigenvalue weighted by Crippen LogP contribution is 2.27. The van der Waals surface area contributed by atoms with E-state index in [-0.39, 0.29) is 24.2 Å². The zero-order chi connectivity index (χ0) is 19.9. The molecule has 3 heterocycles. The van der Waals surface area contributed by atoms with Crippen molar-refractivity contribution < 1.29 is 17.7 Å². The molecule has 6 nitrogen and oxygen atoms in total. The van der Waals surface area contributed by atoms with Gasteiger partial charge in [0.1, 0.15) is 0 Å². The molecular weight excluding hydrogens is 373 g/mol. The molecule has 9 heteroatoms. The van der Waals surface area contributed by atoms with E-state index in [1.165, 1.54) is 0 Å². The van der Waals surface area contributed by atoms with Crippen molar-refractivity contribution in [2.75, 3.05) is 6.54 Å². The van der Waals surface area contributed by atoms with Gasteiger partial charge in [-0.05, 0) is 6.92 Å². The van der Waals surface area contributed by atoms with E-state index in [9.17, 15) is 18.0 Å². The number of hydrogen-bond acceptors (Lipinski definition) is 5. The number of benzene rings is 1. The lowest BCUT2D eigenvalue weighted by Gasteiger charge is -2.26. The summed E-state index contributed by atoms with van der Waals surface area (Å²) in [5.41, 5.74) is 2.46. The van der Waals surface area contributed by atoms with Gasteiger partial charge in [-0.15, -0.1) is 0 Å². The van der Waals surface area contributed by atoms with Crippen molar-refractivity contribution in [3.8, 4) is 11.3 Å². The Hall–Kier alpha value is -2.94. The van der Waals surface area contributed by atoms with E-state index in [0.717, 1.165) is 11.1 Å². The first-order valence-corrected chi connectivity index (χ1v) is 8.74. The number of hydrogen-bond donors (Lipinski definition) is 1. The summed E-state index contributed by atoms with van der Waals surface area (Å²) in [5, 5.41) is 4.07. The Morgan fingerprint density at radius 1 is 1.25 bits per heavy atom. The minimum absolute atomic E-state index is 0.202. The highest BCUT2D eigenvalue weighted by molar-refractivity contribution is 5.57. The number of fused-ring (bicyclic) bond motifs is 1. The monoisotopic (exact) mass is 390 g/mol. The summed E-state index contributed by atoms with van der Waals surface area (Å²) in [6.07, 6.45) is -4.40. The van der Waals surface area contributed by atoms with Gasteiger partial charge in [-0.3, -0.25) is 9.69 Å². The zero-order valence-corrected chi connectivity index (χ0v) is 15.0. The van der Waals surface area contributed by atoms with Crippen LogP contribution >= 0.6 is 0 Å². The van der Waals surface area contributed by atoms with Gasteiger partial charge in [0.25, 0.3) is 5.56 Å². The molecular formula is C19H17F3N4O2. The number of aromatic nitrogens is 3. The number of alkyl halides is 3. The van der Waals surface area contributed by atoms with Crippen LogP contribution in [-0.2, 0) is 25.7 Å². The molecule has 28 heavy (non-hydrogen) atoms. The van der Waals surface area contributed by atoms with E-state index in [1.807, 2.05) is 47.1 Å². The van der Waals surface area contributed by atoms with Crippen molar-refractivity contribution >= 4 is 0 Å². The minimum atomic E-state index is -4.67. The summed E-state index contributed by atoms with van der Waals surface area (Å²) in [5.74, 6) is -0.606. The van der Waals surface area contributed by atoms with Gasteiger partial charge in [-0.2, -0.15) is 13.2 Å². The second-order valence-electron chi connectivity index (χ2n) is 6.85. The molecule has 0 amide bonds. The smallest absolute Gasteiger partial charge is 0.356 e. The van der Waals surface area contributed by atoms with Crippen LogP contribution in [0.5, 0.6) is 0 Å². The van der Waals surface area contributed by atoms with E-state index in [1.54, 1.807) is 0 Å². The van der Waals surface area contributed by atoms with Gasteiger partial charge in [0, 0.05) is 37.7 Å². The number of rotatable bonds is 3. The number of nitrogens with zero attached hydrogens (tertiary/aromatic N) is 3. The molecule has 4 rings (SSSR count). The van der Waals surface area contributed by atoms with Crippen molar-refractivity contribution in [1.82, 2.24) is 20.0 Å². The van der Waals surface area contributed by atoms with Crippen LogP contribution in [0.1, 0.15) is 28.3 Å². The highest BCUT2D eigenvalue weighted by atomic mass is 19.4. The molecule has 146 valence electrons. The van der Waals surface area contributed by atoms with Gasteiger partial charge >= 0.3 is 6.18 Å². The van der Waals surface area contributed by atoms with E-state index >= 15 is 0 Å². The van der Waals surface area contributed by atoms with Gasteiger partial charge in [0.15, 0.2) is 5.76 Å². The molecule has 0 fully saturated rings. The van der Waals surface area contributed by atoms with E-state index in [4.69, 9.17) is 4.52 Å². The third-order valence-electron chi connectivity index (χ3n) is 4.70. The molecule has 2 aromatic heterocycles. The number of nitrogens with one attached hydrogen (secondary N) is 1. The molecule has 0 radical (unpaired) electrons. The first kappa shape index (κ1) is 18.4. The lowest BCUT2D eigenvalue weighted by atomic mass is 10.1. The quantitative estimate of drug-likeness (QED) is 0.743. The van der Waals surface area contributed by atoms with Gasteiger partial charge in [0.05, 0.1) is 17.0 Å². The zero-order valence-electron chi connectivity index (χ0n) is 15.0. The Kier molecular flexibility index (Phi) is 4.54. The minimum Gasteiger partial charge on any atom is -0.356 e. The lowest BCUT2D eigenvalue weighted by molar-refractivity contribution is -0.145. The summed E-state index contributed by atoms with van der Waals surface area (Å²) in [6.45, 7) is 3.11. The Bertz CT molecular complexity index is 1050. The summed E-state index contributed by atoms with van der Waals surface area (Å²) in [7, 11) is 0. The normalized spacial score (nSPS) is 14.9. The predicted octanol–water partition coefficient (Wildman–Crippen LogP) is 3.31. The fourth-order valence-corrected chi connectivity index (χ4v) is 3.22. The van der Waals surface area contributed by atoms with E-state index in [0.29, 0.717) is 24.5 Å². The fourth-order valence-electron chi connectivity index (χ4n) is 3.22. The number of aromatic amines is 1. The van der Waals surface area contributed by atoms with Crippen LogP contribution in [0.2, 0.25) is 0 Å². The lowest BCUT2D eigenvalue weighted by Crippen LogP contribution is -2.36. The van der Waals surface area contributed by atoms with Crippen LogP contribution in [0.4, 0.5) is 13.2 Å². The maximum atomic E-state index is 12.8. The van der Waals surface area contributed by atoms with Gasteiger partial charge in [-0.1, -0.05) is 35.0 Å². The molecule has 1 aliphatic rings. The van der Waals surface area contributed by atoms with Crippen LogP contribution in [0.3, 0.4) is 0 Å². The standard InChI is InChI=1S/C19H17F3N4O2/c1-11-2-4-12(5-3-11)16-8-13(25-28-16)9-26-7-6-15-14(10-26)17(27)24-18(23-15)19(20,21)22/h2-5,8H,6-7,9-10H2,1H3,(H,23,24,27). The van der Waals surface area contributed by atoms with Crippen LogP contribution in [0.25, 0.3) is 11.3 Å². The summed E-state index contributed by atoms with van der Waals surface area (Å²) in [4.78, 5) is 19.5. The average Bonchev–Trinajstić information content (AvgIpc) is 3.10. The van der Waals surface area contributed by atoms with Gasteiger partial charge < -0.3 is 9.51 Å². The van der Waals surface area contributed by atoms with Crippen molar-refractivity contribution in [2.45, 2.75) is 32.6 Å². The number of aryl methyl sites for hydroxylation is 1. The second kappa shape index (κ2) is 6.90. The summed E-state index contributed by atoms with van der Waals surface area (Å²) in [6, 6.07) is 9.68. The maximum Gasteiger partial charge on any atom is 0.449 e. The maximum absolute atomic E-state index is 12.8. The van der Waals surface area contributed by atoms with E-state index < -0.39 is 17.6 Å². The summed E-state index contributed by atoms with van der Waals surface area (Å²) >= 11 is 0. The molecule has 1 N–H and O–H groups in total. The third-order valence-corrected chi connectivity index (χ3v) is 4.70. The molecule has 1 aliphatic heterocycles.